The van der Waals surface area contributed by atoms with Gasteiger partial charge >= 0.3 is 17.1 Å². The van der Waals surface area contributed by atoms with Crippen LogP contribution < -0.4 is 0 Å². The molecule has 0 saturated carbocycles. The molecule has 193 valence electrons. The van der Waals surface area contributed by atoms with Gasteiger partial charge in [0, 0.05) is 10.8 Å². The Balaban J connectivity index is 0.000000253. The molecule has 0 spiro atoms. The fraction of sp³-hybridized carbons (Fsp3) is 0.286. The Morgan fingerprint density at radius 1 is 0.676 bits per heavy atom. The molecule has 0 atom stereocenters. The van der Waals surface area contributed by atoms with Crippen LogP contribution in [0.3, 0.4) is 0 Å². The molecule has 2 aromatic rings. The first-order valence-electron chi connectivity index (χ1n) is 11.2. The predicted molar refractivity (Wildman–Crippen MR) is 145 cm³/mol. The largest absolute Gasteiger partial charge is 2.00 e. The number of carbonyl (C=O) groups excluding carboxylic acids is 2. The van der Waals surface area contributed by atoms with E-state index in [4.69, 9.17) is 0 Å². The van der Waals surface area contributed by atoms with Gasteiger partial charge in [-0.25, -0.2) is 0 Å². The monoisotopic (exact) mass is 577 g/mol. The number of hydrogen-bond donors (Lipinski definition) is 0. The van der Waals surface area contributed by atoms with Crippen molar-refractivity contribution >= 4 is 46.5 Å². The molecule has 6 nitrogen and oxygen atoms in total. The molecule has 4 rings (SSSR count). The van der Waals surface area contributed by atoms with Gasteiger partial charge in [0.1, 0.15) is 12.1 Å². The minimum atomic E-state index is -0.567. The number of benzene rings is 2. The minimum Gasteiger partial charge on any atom is -0.650 e. The molecule has 0 unspecified atom stereocenters. The van der Waals surface area contributed by atoms with Crippen molar-refractivity contribution in [3.63, 3.8) is 0 Å². The van der Waals surface area contributed by atoms with Crippen LogP contribution in [0.5, 0.6) is 0 Å². The fourth-order valence-corrected chi connectivity index (χ4v) is 5.01. The van der Waals surface area contributed by atoms with E-state index in [-0.39, 0.29) is 39.8 Å². The second-order valence-corrected chi connectivity index (χ2v) is 12.2. The number of para-hydroxylation sites is 2. The maximum Gasteiger partial charge on any atom is 2.00 e. The molecule has 0 aromatic heterocycles. The molecule has 0 amide bonds. The summed E-state index contributed by atoms with van der Waals surface area (Å²) in [7, 11) is 0. The first-order chi connectivity index (χ1) is 16.9. The molecule has 2 heterocycles. The van der Waals surface area contributed by atoms with E-state index in [0.717, 1.165) is 21.2 Å². The van der Waals surface area contributed by atoms with Gasteiger partial charge in [0.25, 0.3) is 0 Å². The minimum absolute atomic E-state index is 0. The second-order valence-electron chi connectivity index (χ2n) is 10.1. The van der Waals surface area contributed by atoms with Crippen LogP contribution in [0.15, 0.2) is 79.5 Å². The van der Waals surface area contributed by atoms with E-state index >= 15 is 0 Å². The van der Waals surface area contributed by atoms with E-state index in [0.29, 0.717) is 10.1 Å². The van der Waals surface area contributed by atoms with Crippen molar-refractivity contribution in [1.29, 1.82) is 10.5 Å². The Hall–Kier alpha value is -2.94. The van der Waals surface area contributed by atoms with Gasteiger partial charge in [-0.2, -0.15) is 10.5 Å². The van der Waals surface area contributed by atoms with E-state index in [1.54, 1.807) is 41.5 Å². The van der Waals surface area contributed by atoms with Crippen molar-refractivity contribution in [2.75, 3.05) is 0 Å². The average molecular weight is 578 g/mol. The number of nitrogens with zero attached hydrogens (tertiary/aromatic N) is 4. The van der Waals surface area contributed by atoms with Crippen molar-refractivity contribution in [3.05, 3.63) is 80.4 Å². The smallest absolute Gasteiger partial charge is 0.650 e. The van der Waals surface area contributed by atoms with Crippen molar-refractivity contribution < 1.29 is 26.7 Å². The average Bonchev–Trinajstić information content (AvgIpc) is 3.43. The number of fused-ring (bicyclic) bond motifs is 2. The molecular weight excluding hydrogens is 552 g/mol. The van der Waals surface area contributed by atoms with Gasteiger partial charge in [-0.15, -0.1) is 34.9 Å². The molecule has 9 heteroatoms. The van der Waals surface area contributed by atoms with Gasteiger partial charge in [0.15, 0.2) is 11.6 Å². The zero-order chi connectivity index (χ0) is 26.7. The molecule has 0 fully saturated rings. The van der Waals surface area contributed by atoms with Crippen LogP contribution in [0.4, 0.5) is 11.4 Å². The number of carbonyl (C=O) groups is 2. The standard InChI is InChI=1S/2C14H14N2OS.Cu/c2*1-14(2,3)12(17)9(8-15)13-16-10-6-4-5-7-11(10)18-13;/h2*4-7H,1-3H3,(H,16,17);/q;;+2/p-2. The van der Waals surface area contributed by atoms with Crippen LogP contribution in [0.1, 0.15) is 41.5 Å². The van der Waals surface area contributed by atoms with Gasteiger partial charge < -0.3 is 10.6 Å². The zero-order valence-corrected chi connectivity index (χ0v) is 23.9. The Bertz CT molecular complexity index is 1210. The van der Waals surface area contributed by atoms with Crippen LogP contribution in [-0.2, 0) is 26.7 Å². The number of Topliss-reactive ketones (excluding diaryl/α,β-unsaturated/α-hetero) is 2. The van der Waals surface area contributed by atoms with Crippen molar-refractivity contribution in [2.24, 2.45) is 10.8 Å². The fourth-order valence-electron chi connectivity index (χ4n) is 3.10. The Labute approximate surface area is 237 Å². The molecule has 2 aromatic carbocycles. The van der Waals surface area contributed by atoms with Crippen LogP contribution in [-0.4, -0.2) is 11.6 Å². The normalized spacial score (nSPS) is 16.1. The van der Waals surface area contributed by atoms with E-state index in [1.165, 1.54) is 23.5 Å². The Kier molecular flexibility index (Phi) is 9.88. The quantitative estimate of drug-likeness (QED) is 0.202. The van der Waals surface area contributed by atoms with E-state index in [2.05, 4.69) is 10.6 Å². The van der Waals surface area contributed by atoms with Gasteiger partial charge in [-0.05, 0) is 21.9 Å². The van der Waals surface area contributed by atoms with Gasteiger partial charge in [-0.1, -0.05) is 88.0 Å². The summed E-state index contributed by atoms with van der Waals surface area (Å²) < 4.78 is 0. The summed E-state index contributed by atoms with van der Waals surface area (Å²) in [4.78, 5) is 26.3. The van der Waals surface area contributed by atoms with E-state index < -0.39 is 10.8 Å². The predicted octanol–water partition coefficient (Wildman–Crippen LogP) is 8.29. The second kappa shape index (κ2) is 12.1. The third-order valence-electron chi connectivity index (χ3n) is 5.06. The zero-order valence-electron chi connectivity index (χ0n) is 21.3. The van der Waals surface area contributed by atoms with Crippen molar-refractivity contribution in [3.8, 4) is 12.1 Å². The summed E-state index contributed by atoms with van der Waals surface area (Å²) in [5.74, 6) is -0.326. The summed E-state index contributed by atoms with van der Waals surface area (Å²) in [5, 5.41) is 28.1. The van der Waals surface area contributed by atoms with Gasteiger partial charge in [0.2, 0.25) is 0 Å². The Morgan fingerprint density at radius 2 is 1.00 bits per heavy atom. The van der Waals surface area contributed by atoms with Crippen LogP contribution in [0, 0.1) is 33.5 Å². The van der Waals surface area contributed by atoms with Gasteiger partial charge in [0.05, 0.1) is 11.1 Å². The maximum absolute atomic E-state index is 12.2. The number of ketones is 2. The third kappa shape index (κ3) is 7.09. The number of allylic oxidation sites excluding steroid dienone is 2. The Morgan fingerprint density at radius 3 is 1.27 bits per heavy atom. The number of rotatable bonds is 2. The van der Waals surface area contributed by atoms with Crippen LogP contribution in [0.25, 0.3) is 10.6 Å². The summed E-state index contributed by atoms with van der Waals surface area (Å²) in [5.41, 5.74) is 0.831. The SMILES string of the molecule is CC(C)(C)C(=O)/C(C#N)=C1\[N-]c2ccccc2S1.CC(C)(C)C(=O)/C(C#N)=C1\[N-]c2ccccc2S1.[Cu+2]. The van der Waals surface area contributed by atoms with Gasteiger partial charge in [-0.3, -0.25) is 9.59 Å². The van der Waals surface area contributed by atoms with Crippen LogP contribution >= 0.6 is 23.5 Å². The number of hydrogen-bond acceptors (Lipinski definition) is 6. The van der Waals surface area contributed by atoms with E-state index in [9.17, 15) is 20.1 Å². The number of nitriles is 2. The molecule has 2 aliphatic rings. The molecular formula is C28H26CuN4O2S2. The number of thioether (sulfide) groups is 2. The summed E-state index contributed by atoms with van der Waals surface area (Å²) in [6.07, 6.45) is 0. The van der Waals surface area contributed by atoms with Crippen LogP contribution in [0.2, 0.25) is 0 Å². The summed E-state index contributed by atoms with van der Waals surface area (Å²) in [6.45, 7) is 10.8. The molecule has 0 bridgehead atoms. The first-order valence-corrected chi connectivity index (χ1v) is 12.9. The van der Waals surface area contributed by atoms with E-state index in [1.807, 2.05) is 60.7 Å². The first kappa shape index (κ1) is 30.3. The summed E-state index contributed by atoms with van der Waals surface area (Å²) >= 11 is 2.77. The molecule has 0 N–H and O–H groups in total. The maximum atomic E-state index is 12.2. The summed E-state index contributed by atoms with van der Waals surface area (Å²) in [6, 6.07) is 19.3. The van der Waals surface area contributed by atoms with Crippen molar-refractivity contribution in [2.45, 2.75) is 51.3 Å². The molecule has 37 heavy (non-hydrogen) atoms. The third-order valence-corrected chi connectivity index (χ3v) is 7.16. The topological polar surface area (TPSA) is 110 Å². The molecule has 0 saturated heterocycles. The van der Waals surface area contributed by atoms with Crippen molar-refractivity contribution in [1.82, 2.24) is 0 Å². The molecule has 1 radical (unpaired) electrons. The molecule has 2 aliphatic heterocycles. The molecule has 0 aliphatic carbocycles.